The summed E-state index contributed by atoms with van der Waals surface area (Å²) in [6.45, 7) is 0.837. The van der Waals surface area contributed by atoms with Crippen molar-refractivity contribution in [3.8, 4) is 11.5 Å². The van der Waals surface area contributed by atoms with Gasteiger partial charge in [0, 0.05) is 12.0 Å². The first kappa shape index (κ1) is 28.0. The van der Waals surface area contributed by atoms with E-state index in [1.165, 1.54) is 7.11 Å². The number of methoxy groups -OCH3 is 1. The fraction of sp³-hybridized carbons (Fsp3) is 0.370. The normalized spacial score (nSPS) is 18.6. The number of rotatable bonds is 6. The van der Waals surface area contributed by atoms with Gasteiger partial charge in [0.15, 0.2) is 11.5 Å². The molecule has 2 aliphatic heterocycles. The summed E-state index contributed by atoms with van der Waals surface area (Å²) >= 11 is 1.56. The van der Waals surface area contributed by atoms with Crippen LogP contribution in [0, 0.1) is 0 Å². The van der Waals surface area contributed by atoms with Crippen LogP contribution < -0.4 is 25.4 Å². The number of carbonyl (C=O) groups excluding carboxylic acids is 3. The quantitative estimate of drug-likeness (QED) is 0.392. The molecule has 0 saturated carbocycles. The minimum Gasteiger partial charge on any atom is -0.493 e. The molecule has 1 aromatic heterocycles. The Morgan fingerprint density at radius 1 is 1.08 bits per heavy atom. The zero-order chi connectivity index (χ0) is 27.6. The molecular formula is C27H32N6O5S. The van der Waals surface area contributed by atoms with Gasteiger partial charge in [-0.1, -0.05) is 35.5 Å². The second-order valence-electron chi connectivity index (χ2n) is 8.96. The highest BCUT2D eigenvalue weighted by atomic mass is 32.2. The van der Waals surface area contributed by atoms with Crippen LogP contribution in [0.15, 0.2) is 54.7 Å². The highest BCUT2D eigenvalue weighted by Crippen LogP contribution is 2.28. The summed E-state index contributed by atoms with van der Waals surface area (Å²) in [5, 5.41) is 16.8. The van der Waals surface area contributed by atoms with Gasteiger partial charge in [-0.3, -0.25) is 14.4 Å². The molecule has 2 aromatic carbocycles. The van der Waals surface area contributed by atoms with E-state index in [1.807, 2.05) is 36.6 Å². The van der Waals surface area contributed by atoms with Gasteiger partial charge in [0.25, 0.3) is 5.91 Å². The number of aromatic nitrogens is 3. The third-order valence-electron chi connectivity index (χ3n) is 6.18. The Bertz CT molecular complexity index is 1280. The first-order valence-electron chi connectivity index (χ1n) is 12.6. The third-order valence-corrected chi connectivity index (χ3v) is 6.83. The van der Waals surface area contributed by atoms with Gasteiger partial charge in [-0.2, -0.15) is 11.8 Å². The van der Waals surface area contributed by atoms with E-state index in [-0.39, 0.29) is 25.5 Å². The molecule has 2 atom stereocenters. The molecular weight excluding hydrogens is 520 g/mol. The number of fused-ring (bicyclic) bond motifs is 12. The number of carbonyl (C=O) groups is 3. The van der Waals surface area contributed by atoms with Crippen LogP contribution in [0.25, 0.3) is 0 Å². The summed E-state index contributed by atoms with van der Waals surface area (Å²) in [6, 6.07) is 12.6. The lowest BCUT2D eigenvalue weighted by Crippen LogP contribution is -2.54. The molecule has 2 aliphatic rings. The van der Waals surface area contributed by atoms with Gasteiger partial charge in [0.05, 0.1) is 26.4 Å². The molecule has 11 nitrogen and oxygen atoms in total. The van der Waals surface area contributed by atoms with Gasteiger partial charge in [-0.25, -0.2) is 4.68 Å². The van der Waals surface area contributed by atoms with E-state index in [1.54, 1.807) is 40.8 Å². The smallest absolute Gasteiger partial charge is 0.252 e. The topological polar surface area (TPSA) is 136 Å². The Hall–Kier alpha value is -4.06. The maximum absolute atomic E-state index is 13.4. The molecule has 5 rings (SSSR count). The predicted octanol–water partition coefficient (Wildman–Crippen LogP) is 1.57. The van der Waals surface area contributed by atoms with E-state index in [0.29, 0.717) is 41.5 Å². The zero-order valence-corrected chi connectivity index (χ0v) is 22.7. The number of nitrogens with one attached hydrogen (secondary N) is 3. The molecule has 0 saturated heterocycles. The van der Waals surface area contributed by atoms with Gasteiger partial charge in [-0.05, 0) is 42.2 Å². The fourth-order valence-corrected chi connectivity index (χ4v) is 4.56. The number of ether oxygens (including phenoxy) is 2. The Morgan fingerprint density at radius 3 is 2.67 bits per heavy atom. The molecule has 3 amide bonds. The predicted molar refractivity (Wildman–Crippen MR) is 147 cm³/mol. The van der Waals surface area contributed by atoms with Crippen LogP contribution in [0.2, 0.25) is 0 Å². The molecule has 3 aromatic rings. The molecule has 0 aliphatic carbocycles. The summed E-state index contributed by atoms with van der Waals surface area (Å²) in [6.07, 6.45) is 4.32. The Balaban J connectivity index is 1.64. The monoisotopic (exact) mass is 552 g/mol. The van der Waals surface area contributed by atoms with E-state index in [4.69, 9.17) is 9.47 Å². The van der Waals surface area contributed by atoms with Crippen LogP contribution in [-0.2, 0) is 29.1 Å². The molecule has 0 radical (unpaired) electrons. The van der Waals surface area contributed by atoms with Crippen molar-refractivity contribution in [3.63, 3.8) is 0 Å². The summed E-state index contributed by atoms with van der Waals surface area (Å²) in [5.74, 6) is 0.266. The van der Waals surface area contributed by atoms with Crippen molar-refractivity contribution in [2.75, 3.05) is 25.7 Å². The van der Waals surface area contributed by atoms with Crippen molar-refractivity contribution in [3.05, 3.63) is 71.5 Å². The summed E-state index contributed by atoms with van der Waals surface area (Å²) in [5.41, 5.74) is 1.77. The Kier molecular flexibility index (Phi) is 9.79. The number of amides is 3. The van der Waals surface area contributed by atoms with Gasteiger partial charge in [-0.15, -0.1) is 5.10 Å². The second kappa shape index (κ2) is 13.7. The maximum Gasteiger partial charge on any atom is 0.252 e. The van der Waals surface area contributed by atoms with E-state index in [0.717, 1.165) is 5.56 Å². The molecule has 0 unspecified atom stereocenters. The largest absolute Gasteiger partial charge is 0.493 e. The van der Waals surface area contributed by atoms with Crippen LogP contribution in [0.5, 0.6) is 11.5 Å². The number of thioether (sulfide) groups is 1. The number of hydrogen-bond donors (Lipinski definition) is 3. The highest BCUT2D eigenvalue weighted by molar-refractivity contribution is 7.98. The minimum absolute atomic E-state index is 0.141. The average molecular weight is 553 g/mol. The number of benzene rings is 2. The summed E-state index contributed by atoms with van der Waals surface area (Å²) < 4.78 is 12.9. The number of hydrogen-bond acceptors (Lipinski definition) is 8. The van der Waals surface area contributed by atoms with Crippen LogP contribution in [-0.4, -0.2) is 70.5 Å². The SMILES string of the molecule is COc1cc2ccc1OCCn1cc(nn1)CNC(=O)[C@H](Cc1ccccc1)NC(=O)[C@@H](CCSC)NC2=O. The second-order valence-corrected chi connectivity index (χ2v) is 9.95. The van der Waals surface area contributed by atoms with Crippen molar-refractivity contribution >= 4 is 29.5 Å². The lowest BCUT2D eigenvalue weighted by atomic mass is 10.0. The van der Waals surface area contributed by atoms with Crippen LogP contribution in [0.4, 0.5) is 0 Å². The van der Waals surface area contributed by atoms with E-state index in [2.05, 4.69) is 26.3 Å². The van der Waals surface area contributed by atoms with E-state index >= 15 is 0 Å². The third kappa shape index (κ3) is 7.73. The molecule has 4 bridgehead atoms. The van der Waals surface area contributed by atoms with Crippen molar-refractivity contribution in [2.24, 2.45) is 0 Å². The van der Waals surface area contributed by atoms with Gasteiger partial charge >= 0.3 is 0 Å². The molecule has 39 heavy (non-hydrogen) atoms. The summed E-state index contributed by atoms with van der Waals surface area (Å²) in [4.78, 5) is 39.9. The first-order valence-corrected chi connectivity index (χ1v) is 14.0. The molecule has 3 N–H and O–H groups in total. The lowest BCUT2D eigenvalue weighted by Gasteiger charge is -2.23. The van der Waals surface area contributed by atoms with Crippen LogP contribution in [0.3, 0.4) is 0 Å². The van der Waals surface area contributed by atoms with Crippen molar-refractivity contribution in [1.82, 2.24) is 30.9 Å². The summed E-state index contributed by atoms with van der Waals surface area (Å²) in [7, 11) is 1.49. The minimum atomic E-state index is -0.863. The van der Waals surface area contributed by atoms with Gasteiger partial charge < -0.3 is 25.4 Å². The molecule has 0 spiro atoms. The highest BCUT2D eigenvalue weighted by Gasteiger charge is 2.27. The lowest BCUT2D eigenvalue weighted by molar-refractivity contribution is -0.130. The Morgan fingerprint density at radius 2 is 1.90 bits per heavy atom. The maximum atomic E-state index is 13.4. The molecule has 206 valence electrons. The Labute approximate surface area is 231 Å². The van der Waals surface area contributed by atoms with Crippen molar-refractivity contribution < 1.29 is 23.9 Å². The van der Waals surface area contributed by atoms with Gasteiger partial charge in [0.1, 0.15) is 24.4 Å². The molecule has 3 heterocycles. The fourth-order valence-electron chi connectivity index (χ4n) is 4.08. The average Bonchev–Trinajstić information content (AvgIpc) is 3.41. The standard InChI is InChI=1S/C27H32N6O5S/c1-37-24-15-19-8-9-23(24)38-12-11-33-17-20(31-32-33)16-28-26(35)22(14-18-6-4-3-5-7-18)30-27(36)21(10-13-39-2)29-25(19)34/h3-9,15,17,21-22H,10-14,16H2,1-2H3,(H,28,35)(H,29,34)(H,30,36)/t21-,22+/m1/s1. The van der Waals surface area contributed by atoms with Gasteiger partial charge in [0.2, 0.25) is 11.8 Å². The van der Waals surface area contributed by atoms with Crippen LogP contribution in [0.1, 0.15) is 28.0 Å². The zero-order valence-electron chi connectivity index (χ0n) is 21.9. The number of nitrogens with zero attached hydrogens (tertiary/aromatic N) is 3. The van der Waals surface area contributed by atoms with Crippen molar-refractivity contribution in [2.45, 2.75) is 38.0 Å². The molecule has 12 heteroatoms. The first-order chi connectivity index (χ1) is 19.0. The van der Waals surface area contributed by atoms with E-state index in [9.17, 15) is 14.4 Å². The van der Waals surface area contributed by atoms with Crippen molar-refractivity contribution in [1.29, 1.82) is 0 Å². The van der Waals surface area contributed by atoms with E-state index < -0.39 is 23.9 Å². The molecule has 0 fully saturated rings. The van der Waals surface area contributed by atoms with Crippen LogP contribution >= 0.6 is 11.8 Å².